The van der Waals surface area contributed by atoms with E-state index in [1.807, 2.05) is 20.8 Å². The minimum atomic E-state index is -1.06. The summed E-state index contributed by atoms with van der Waals surface area (Å²) in [6, 6.07) is -3.14. The van der Waals surface area contributed by atoms with Gasteiger partial charge in [0.25, 0.3) is 5.91 Å². The normalized spacial score (nSPS) is 20.0. The fourth-order valence-electron chi connectivity index (χ4n) is 6.13. The molecule has 272 valence electrons. The number of halogens is 2. The zero-order chi connectivity index (χ0) is 36.2. The lowest BCUT2D eigenvalue weighted by molar-refractivity contribution is -0.154. The van der Waals surface area contributed by atoms with Gasteiger partial charge in [0.15, 0.2) is 0 Å². The lowest BCUT2D eigenvalue weighted by Gasteiger charge is -2.36. The molecule has 3 unspecified atom stereocenters. The summed E-state index contributed by atoms with van der Waals surface area (Å²) >= 11 is 12.7. The monoisotopic (exact) mass is 715 g/mol. The maximum Gasteiger partial charge on any atom is 0.315 e. The highest BCUT2D eigenvalue weighted by Crippen LogP contribution is 2.35. The molecule has 2 aliphatic rings. The summed E-state index contributed by atoms with van der Waals surface area (Å²) in [7, 11) is 0. The average molecular weight is 717 g/mol. The van der Waals surface area contributed by atoms with Crippen LogP contribution in [0.4, 0.5) is 4.79 Å². The number of likely N-dealkylation sites (tertiary alicyclic amines) is 1. The van der Waals surface area contributed by atoms with E-state index >= 15 is 0 Å². The van der Waals surface area contributed by atoms with Crippen molar-refractivity contribution >= 4 is 58.7 Å². The summed E-state index contributed by atoms with van der Waals surface area (Å²) in [5, 5.41) is 11.1. The minimum Gasteiger partial charge on any atom is -0.460 e. The molecular weight excluding hydrogens is 661 g/mol. The number of amides is 5. The third-order valence-corrected chi connectivity index (χ3v) is 8.92. The Bertz CT molecular complexity index is 1160. The van der Waals surface area contributed by atoms with Gasteiger partial charge in [0.2, 0.25) is 17.6 Å². The smallest absolute Gasteiger partial charge is 0.315 e. The summed E-state index contributed by atoms with van der Waals surface area (Å²) in [4.78, 5) is 79.1. The fourth-order valence-corrected chi connectivity index (χ4v) is 6.65. The Morgan fingerprint density at radius 1 is 0.958 bits per heavy atom. The number of ketones is 1. The lowest BCUT2D eigenvalue weighted by atomic mass is 9.83. The number of ether oxygens (including phenoxy) is 1. The molecule has 12 nitrogen and oxygen atoms in total. The maximum absolute atomic E-state index is 14.2. The summed E-state index contributed by atoms with van der Waals surface area (Å²) < 4.78 is 5.22. The van der Waals surface area contributed by atoms with Gasteiger partial charge < -0.3 is 30.9 Å². The number of rotatable bonds is 15. The van der Waals surface area contributed by atoms with Crippen molar-refractivity contribution in [3.8, 4) is 0 Å². The predicted octanol–water partition coefficient (Wildman–Crippen LogP) is 4.31. The van der Waals surface area contributed by atoms with Gasteiger partial charge >= 0.3 is 12.0 Å². The number of urea groups is 1. The summed E-state index contributed by atoms with van der Waals surface area (Å²) in [5.74, 6) is -3.80. The van der Waals surface area contributed by atoms with Crippen LogP contribution >= 0.6 is 23.2 Å². The highest BCUT2D eigenvalue weighted by atomic mass is 35.5. The first-order valence-corrected chi connectivity index (χ1v) is 17.8. The molecule has 4 atom stereocenters. The Kier molecular flexibility index (Phi) is 16.2. The first-order valence-electron chi connectivity index (χ1n) is 16.9. The second-order valence-corrected chi connectivity index (χ2v) is 15.9. The second-order valence-electron chi connectivity index (χ2n) is 14.8. The number of carbonyl (C=O) groups excluding carboxylic acids is 6. The van der Waals surface area contributed by atoms with E-state index in [1.54, 1.807) is 26.8 Å². The molecule has 1 saturated heterocycles. The van der Waals surface area contributed by atoms with Crippen LogP contribution in [0, 0.1) is 11.8 Å². The van der Waals surface area contributed by atoms with Gasteiger partial charge in [0.1, 0.15) is 22.5 Å². The highest BCUT2D eigenvalue weighted by molar-refractivity contribution is 6.44. The molecule has 0 aromatic carbocycles. The van der Waals surface area contributed by atoms with Crippen molar-refractivity contribution in [2.75, 3.05) is 13.1 Å². The van der Waals surface area contributed by atoms with E-state index in [4.69, 9.17) is 27.9 Å². The van der Waals surface area contributed by atoms with Crippen LogP contribution in [-0.2, 0) is 28.7 Å². The molecule has 0 aromatic heterocycles. The summed E-state index contributed by atoms with van der Waals surface area (Å²) in [5.41, 5.74) is -1.20. The first-order chi connectivity index (χ1) is 22.3. The standard InChI is InChI=1S/C34H55Cl2N5O7/c1-8-9-15-22(20-24(42)29(44)37-18-16-25(43)48-34(5,6)7)38-30(45)27-23(28(35)36)17-19-41(27)31(46)26(21-13-11-10-12-14-21)39-32(47)40-33(2,3)4/h8,21-23,26-28H,1,9-20H2,2-7H3,(H,37,44)(H,38,45)(H2,39,40,47)/t22?,23-,26?,27?/m0/s1. The van der Waals surface area contributed by atoms with Gasteiger partial charge in [0.05, 0.1) is 6.42 Å². The van der Waals surface area contributed by atoms with Crippen LogP contribution in [-0.4, -0.2) is 87.6 Å². The van der Waals surface area contributed by atoms with Gasteiger partial charge in [-0.25, -0.2) is 4.79 Å². The van der Waals surface area contributed by atoms with Crippen LogP contribution in [0.25, 0.3) is 0 Å². The maximum atomic E-state index is 14.2. The molecule has 5 amide bonds. The molecule has 1 aliphatic carbocycles. The van der Waals surface area contributed by atoms with Gasteiger partial charge in [-0.3, -0.25) is 24.0 Å². The van der Waals surface area contributed by atoms with Crippen molar-refractivity contribution < 1.29 is 33.5 Å². The molecule has 2 rings (SSSR count). The van der Waals surface area contributed by atoms with Crippen molar-refractivity contribution in [3.63, 3.8) is 0 Å². The highest BCUT2D eigenvalue weighted by Gasteiger charge is 2.48. The number of nitrogens with zero attached hydrogens (tertiary/aromatic N) is 1. The molecule has 2 fully saturated rings. The molecule has 1 aliphatic heterocycles. The van der Waals surface area contributed by atoms with Crippen molar-refractivity contribution in [3.05, 3.63) is 12.7 Å². The third-order valence-electron chi connectivity index (χ3n) is 8.27. The number of allylic oxidation sites excluding steroid dienone is 1. The summed E-state index contributed by atoms with van der Waals surface area (Å²) in [6.07, 6.45) is 6.78. The van der Waals surface area contributed by atoms with Gasteiger partial charge in [-0.1, -0.05) is 25.3 Å². The number of esters is 1. The number of hydrogen-bond acceptors (Lipinski definition) is 7. The molecule has 1 heterocycles. The van der Waals surface area contributed by atoms with Crippen LogP contribution in [0.15, 0.2) is 12.7 Å². The molecule has 48 heavy (non-hydrogen) atoms. The Labute approximate surface area is 295 Å². The second kappa shape index (κ2) is 18.8. The van der Waals surface area contributed by atoms with E-state index in [1.165, 1.54) is 4.90 Å². The van der Waals surface area contributed by atoms with Crippen molar-refractivity contribution in [2.45, 2.75) is 140 Å². The lowest BCUT2D eigenvalue weighted by Crippen LogP contribution is -2.60. The molecular formula is C34H55Cl2N5O7. The average Bonchev–Trinajstić information content (AvgIpc) is 3.43. The number of Topliss-reactive ketones (excluding diaryl/α,β-unsaturated/α-hetero) is 1. The topological polar surface area (TPSA) is 163 Å². The Morgan fingerprint density at radius 2 is 1.60 bits per heavy atom. The molecule has 1 saturated carbocycles. The van der Waals surface area contributed by atoms with E-state index < -0.39 is 69.6 Å². The molecule has 0 aromatic rings. The van der Waals surface area contributed by atoms with Crippen LogP contribution in [0.2, 0.25) is 0 Å². The molecule has 14 heteroatoms. The third kappa shape index (κ3) is 13.9. The fraction of sp³-hybridized carbons (Fsp3) is 0.765. The predicted molar refractivity (Wildman–Crippen MR) is 185 cm³/mol. The molecule has 0 radical (unpaired) electrons. The zero-order valence-corrected chi connectivity index (χ0v) is 30.8. The summed E-state index contributed by atoms with van der Waals surface area (Å²) in [6.45, 7) is 14.6. The first kappa shape index (κ1) is 41.3. The number of hydrogen-bond donors (Lipinski definition) is 4. The Balaban J connectivity index is 2.21. The van der Waals surface area contributed by atoms with E-state index in [0.717, 1.165) is 32.1 Å². The largest absolute Gasteiger partial charge is 0.460 e. The number of carbonyl (C=O) groups is 6. The van der Waals surface area contributed by atoms with Crippen molar-refractivity contribution in [2.24, 2.45) is 11.8 Å². The molecule has 0 bridgehead atoms. The molecule has 4 N–H and O–H groups in total. The molecule has 0 spiro atoms. The Morgan fingerprint density at radius 3 is 2.17 bits per heavy atom. The van der Waals surface area contributed by atoms with E-state index in [9.17, 15) is 28.8 Å². The van der Waals surface area contributed by atoms with Crippen molar-refractivity contribution in [1.82, 2.24) is 26.2 Å². The zero-order valence-electron chi connectivity index (χ0n) is 29.3. The van der Waals surface area contributed by atoms with Gasteiger partial charge in [-0.15, -0.1) is 29.8 Å². The van der Waals surface area contributed by atoms with E-state index in [-0.39, 0.29) is 37.8 Å². The SMILES string of the molecule is C=CCCC(CC(=O)C(=O)NCCC(=O)OC(C)(C)C)NC(=O)C1[C@@H](C(Cl)Cl)CCN1C(=O)C(NC(=O)NC(C)(C)C)C1CCCCC1. The quantitative estimate of drug-likeness (QED) is 0.0850. The van der Waals surface area contributed by atoms with Crippen LogP contribution in [0.3, 0.4) is 0 Å². The van der Waals surface area contributed by atoms with Crippen molar-refractivity contribution in [1.29, 1.82) is 0 Å². The van der Waals surface area contributed by atoms with E-state index in [0.29, 0.717) is 19.3 Å². The minimum absolute atomic E-state index is 0.0825. The van der Waals surface area contributed by atoms with Gasteiger partial charge in [-0.05, 0) is 79.6 Å². The number of alkyl halides is 2. The van der Waals surface area contributed by atoms with Crippen LogP contribution < -0.4 is 21.3 Å². The van der Waals surface area contributed by atoms with E-state index in [2.05, 4.69) is 27.8 Å². The Hall–Kier alpha value is -2.86. The number of nitrogens with one attached hydrogen (secondary N) is 4. The van der Waals surface area contributed by atoms with Crippen LogP contribution in [0.5, 0.6) is 0 Å². The van der Waals surface area contributed by atoms with Gasteiger partial charge in [-0.2, -0.15) is 0 Å². The van der Waals surface area contributed by atoms with Crippen LogP contribution in [0.1, 0.15) is 106 Å². The van der Waals surface area contributed by atoms with Gasteiger partial charge in [0, 0.05) is 37.0 Å².